The van der Waals surface area contributed by atoms with Crippen LogP contribution in [-0.2, 0) is 4.79 Å². The summed E-state index contributed by atoms with van der Waals surface area (Å²) in [7, 11) is 1.37. The highest BCUT2D eigenvalue weighted by atomic mass is 16.5. The Labute approximate surface area is 98.1 Å². The standard InChI is InChI=1S/C10H14N4O3/c1-5(11)9(16)14-6-3-7(8(12)15)10(17-2)13-4-6/h3-5H,11H2,1-2H3,(H2,12,15)(H,14,16)/t5-/m1/s1. The van der Waals surface area contributed by atoms with Gasteiger partial charge in [0.15, 0.2) is 0 Å². The second kappa shape index (κ2) is 5.26. The molecule has 7 heteroatoms. The number of rotatable bonds is 4. The molecule has 1 atom stereocenters. The van der Waals surface area contributed by atoms with Crippen LogP contribution in [0.15, 0.2) is 12.3 Å². The number of hydrogen-bond acceptors (Lipinski definition) is 5. The number of methoxy groups -OCH3 is 1. The van der Waals surface area contributed by atoms with E-state index in [4.69, 9.17) is 16.2 Å². The zero-order chi connectivity index (χ0) is 13.0. The fraction of sp³-hybridized carbons (Fsp3) is 0.300. The average Bonchev–Trinajstić information content (AvgIpc) is 2.28. The number of aromatic nitrogens is 1. The minimum atomic E-state index is -0.689. The number of carbonyl (C=O) groups is 2. The lowest BCUT2D eigenvalue weighted by Crippen LogP contribution is -2.32. The van der Waals surface area contributed by atoms with Crippen LogP contribution in [-0.4, -0.2) is 29.9 Å². The predicted molar refractivity (Wildman–Crippen MR) is 61.6 cm³/mol. The molecule has 17 heavy (non-hydrogen) atoms. The smallest absolute Gasteiger partial charge is 0.254 e. The van der Waals surface area contributed by atoms with Gasteiger partial charge in [-0.3, -0.25) is 9.59 Å². The van der Waals surface area contributed by atoms with Crippen molar-refractivity contribution in [1.82, 2.24) is 4.98 Å². The molecule has 1 rings (SSSR count). The van der Waals surface area contributed by atoms with Gasteiger partial charge in [0, 0.05) is 0 Å². The van der Waals surface area contributed by atoms with Gasteiger partial charge in [-0.1, -0.05) is 0 Å². The van der Waals surface area contributed by atoms with Crippen LogP contribution in [0.2, 0.25) is 0 Å². The zero-order valence-corrected chi connectivity index (χ0v) is 9.56. The van der Waals surface area contributed by atoms with Gasteiger partial charge in [0.05, 0.1) is 25.0 Å². The van der Waals surface area contributed by atoms with E-state index in [1.807, 2.05) is 0 Å². The summed E-state index contributed by atoms with van der Waals surface area (Å²) in [6.45, 7) is 1.54. The van der Waals surface area contributed by atoms with Gasteiger partial charge in [0.1, 0.15) is 5.56 Å². The Morgan fingerprint density at radius 2 is 2.18 bits per heavy atom. The molecule has 0 radical (unpaired) electrons. The minimum absolute atomic E-state index is 0.0926. The first-order chi connectivity index (χ1) is 7.95. The summed E-state index contributed by atoms with van der Waals surface area (Å²) in [6, 6.07) is 0.725. The number of nitrogens with one attached hydrogen (secondary N) is 1. The molecule has 0 aliphatic heterocycles. The third-order valence-electron chi connectivity index (χ3n) is 1.99. The maximum Gasteiger partial charge on any atom is 0.254 e. The molecule has 0 unspecified atom stereocenters. The molecule has 0 saturated heterocycles. The normalized spacial score (nSPS) is 11.7. The van der Waals surface area contributed by atoms with Crippen LogP contribution in [0.1, 0.15) is 17.3 Å². The van der Waals surface area contributed by atoms with Gasteiger partial charge in [-0.15, -0.1) is 0 Å². The number of ether oxygens (including phenoxy) is 1. The maximum atomic E-state index is 11.3. The van der Waals surface area contributed by atoms with Crippen molar-refractivity contribution in [2.45, 2.75) is 13.0 Å². The van der Waals surface area contributed by atoms with Crippen molar-refractivity contribution in [3.63, 3.8) is 0 Å². The van der Waals surface area contributed by atoms with Crippen molar-refractivity contribution in [3.05, 3.63) is 17.8 Å². The second-order valence-corrected chi connectivity index (χ2v) is 3.42. The molecule has 92 valence electrons. The Balaban J connectivity index is 3.00. The lowest BCUT2D eigenvalue weighted by molar-refractivity contribution is -0.117. The Kier molecular flexibility index (Phi) is 4.00. The molecule has 0 aliphatic carbocycles. The van der Waals surface area contributed by atoms with Gasteiger partial charge in [-0.25, -0.2) is 4.98 Å². The Morgan fingerprint density at radius 1 is 1.53 bits per heavy atom. The first-order valence-corrected chi connectivity index (χ1v) is 4.86. The number of primary amides is 1. The fourth-order valence-corrected chi connectivity index (χ4v) is 1.12. The summed E-state index contributed by atoms with van der Waals surface area (Å²) >= 11 is 0. The number of nitrogens with two attached hydrogens (primary N) is 2. The minimum Gasteiger partial charge on any atom is -0.480 e. The van der Waals surface area contributed by atoms with Crippen LogP contribution in [0.4, 0.5) is 5.69 Å². The van der Waals surface area contributed by atoms with Crippen LogP contribution in [0.5, 0.6) is 5.88 Å². The van der Waals surface area contributed by atoms with Crippen molar-refractivity contribution >= 4 is 17.5 Å². The lowest BCUT2D eigenvalue weighted by Gasteiger charge is -2.10. The molecule has 0 fully saturated rings. The molecule has 2 amide bonds. The Bertz CT molecular complexity index is 445. The number of nitrogens with zero attached hydrogens (tertiary/aromatic N) is 1. The number of pyridine rings is 1. The maximum absolute atomic E-state index is 11.3. The van der Waals surface area contributed by atoms with Gasteiger partial charge < -0.3 is 21.5 Å². The van der Waals surface area contributed by atoms with Crippen molar-refractivity contribution in [2.24, 2.45) is 11.5 Å². The summed E-state index contributed by atoms with van der Waals surface area (Å²) in [5, 5.41) is 2.50. The van der Waals surface area contributed by atoms with E-state index in [1.165, 1.54) is 19.4 Å². The molecule has 0 bridgehead atoms. The van der Waals surface area contributed by atoms with Crippen LogP contribution in [0.3, 0.4) is 0 Å². The van der Waals surface area contributed by atoms with E-state index < -0.39 is 11.9 Å². The third-order valence-corrected chi connectivity index (χ3v) is 1.99. The molecule has 0 aromatic carbocycles. The number of anilines is 1. The van der Waals surface area contributed by atoms with Gasteiger partial charge in [0.25, 0.3) is 5.91 Å². The van der Waals surface area contributed by atoms with E-state index in [0.717, 1.165) is 0 Å². The highest BCUT2D eigenvalue weighted by Gasteiger charge is 2.13. The molecule has 7 nitrogen and oxygen atoms in total. The van der Waals surface area contributed by atoms with Crippen LogP contribution in [0.25, 0.3) is 0 Å². The predicted octanol–water partition coefficient (Wildman–Crippen LogP) is -0.525. The van der Waals surface area contributed by atoms with E-state index in [-0.39, 0.29) is 17.4 Å². The SMILES string of the molecule is COc1ncc(NC(=O)[C@@H](C)N)cc1C(N)=O. The molecule has 0 saturated carbocycles. The van der Waals surface area contributed by atoms with Gasteiger partial charge in [0.2, 0.25) is 11.8 Å². The Morgan fingerprint density at radius 3 is 2.65 bits per heavy atom. The first kappa shape index (κ1) is 12.9. The van der Waals surface area contributed by atoms with Gasteiger partial charge in [-0.2, -0.15) is 0 Å². The molecular formula is C10H14N4O3. The number of amides is 2. The molecular weight excluding hydrogens is 224 g/mol. The van der Waals surface area contributed by atoms with Crippen LogP contribution < -0.4 is 21.5 Å². The second-order valence-electron chi connectivity index (χ2n) is 3.42. The fourth-order valence-electron chi connectivity index (χ4n) is 1.12. The van der Waals surface area contributed by atoms with Crippen LogP contribution >= 0.6 is 0 Å². The molecule has 1 aromatic heterocycles. The largest absolute Gasteiger partial charge is 0.480 e. The molecule has 0 spiro atoms. The summed E-state index contributed by atoms with van der Waals surface area (Å²) in [4.78, 5) is 26.3. The molecule has 1 aromatic rings. The van der Waals surface area contributed by atoms with Crippen molar-refractivity contribution in [3.8, 4) is 5.88 Å². The molecule has 1 heterocycles. The number of carbonyl (C=O) groups excluding carboxylic acids is 2. The Hall–Kier alpha value is -2.15. The summed E-state index contributed by atoms with van der Waals surface area (Å²) in [5.74, 6) is -0.963. The zero-order valence-electron chi connectivity index (χ0n) is 9.56. The van der Waals surface area contributed by atoms with E-state index in [9.17, 15) is 9.59 Å². The topological polar surface area (TPSA) is 120 Å². The highest BCUT2D eigenvalue weighted by Crippen LogP contribution is 2.18. The third kappa shape index (κ3) is 3.15. The van der Waals surface area contributed by atoms with E-state index in [1.54, 1.807) is 6.92 Å². The highest BCUT2D eigenvalue weighted by molar-refractivity contribution is 5.98. The first-order valence-electron chi connectivity index (χ1n) is 4.86. The summed E-state index contributed by atoms with van der Waals surface area (Å²) in [5.41, 5.74) is 11.0. The van der Waals surface area contributed by atoms with Crippen molar-refractivity contribution in [2.75, 3.05) is 12.4 Å². The van der Waals surface area contributed by atoms with Crippen molar-refractivity contribution in [1.29, 1.82) is 0 Å². The quantitative estimate of drug-likeness (QED) is 0.651. The summed E-state index contributed by atoms with van der Waals surface area (Å²) in [6.07, 6.45) is 1.35. The van der Waals surface area contributed by atoms with Crippen LogP contribution in [0, 0.1) is 0 Å². The number of hydrogen-bond donors (Lipinski definition) is 3. The molecule has 0 aliphatic rings. The van der Waals surface area contributed by atoms with E-state index in [2.05, 4.69) is 10.3 Å². The lowest BCUT2D eigenvalue weighted by atomic mass is 10.2. The van der Waals surface area contributed by atoms with E-state index in [0.29, 0.717) is 5.69 Å². The average molecular weight is 238 g/mol. The van der Waals surface area contributed by atoms with Crippen molar-refractivity contribution < 1.29 is 14.3 Å². The monoisotopic (exact) mass is 238 g/mol. The van der Waals surface area contributed by atoms with E-state index >= 15 is 0 Å². The molecule has 5 N–H and O–H groups in total. The van der Waals surface area contributed by atoms with Gasteiger partial charge >= 0.3 is 0 Å². The van der Waals surface area contributed by atoms with Gasteiger partial charge in [-0.05, 0) is 13.0 Å². The summed E-state index contributed by atoms with van der Waals surface area (Å²) < 4.78 is 4.86.